The summed E-state index contributed by atoms with van der Waals surface area (Å²) in [5.41, 5.74) is -1.22. The van der Waals surface area contributed by atoms with Gasteiger partial charge in [0.2, 0.25) is 0 Å². The molecule has 32 heavy (non-hydrogen) atoms. The number of alkyl halides is 3. The molecule has 5 nitrogen and oxygen atoms in total. The standard InChI is InChI=1S/C21H19F4NO4S2/c22-15-10-12(21(23,24)25)5-7-14(15)16-8-6-13(30-16)11-17-19(29)26(20(31)32-17)9-3-1-2-4-18(27)28/h5-8,10-11,18,27-28H,1-4,9H2/b17-11+. The molecule has 0 spiro atoms. The van der Waals surface area contributed by atoms with Gasteiger partial charge in [0.1, 0.15) is 21.7 Å². The average molecular weight is 490 g/mol. The molecule has 3 rings (SSSR count). The van der Waals surface area contributed by atoms with Crippen LogP contribution in [0.25, 0.3) is 17.4 Å². The highest BCUT2D eigenvalue weighted by Gasteiger charge is 2.33. The molecule has 172 valence electrons. The van der Waals surface area contributed by atoms with Crippen molar-refractivity contribution < 1.29 is 37.0 Å². The Kier molecular flexibility index (Phi) is 7.75. The minimum absolute atomic E-state index is 0.0315. The van der Waals surface area contributed by atoms with Crippen molar-refractivity contribution >= 4 is 40.3 Å². The number of halogens is 4. The molecule has 1 aromatic heterocycles. The average Bonchev–Trinajstić information content (AvgIpc) is 3.26. The number of carbonyl (C=O) groups is 1. The number of hydrogen-bond donors (Lipinski definition) is 2. The Morgan fingerprint density at radius 3 is 2.56 bits per heavy atom. The quantitative estimate of drug-likeness (QED) is 0.175. The topological polar surface area (TPSA) is 73.9 Å². The zero-order chi connectivity index (χ0) is 23.5. The van der Waals surface area contributed by atoms with Gasteiger partial charge in [-0.15, -0.1) is 0 Å². The summed E-state index contributed by atoms with van der Waals surface area (Å²) in [7, 11) is 0. The number of furan rings is 1. The zero-order valence-corrected chi connectivity index (χ0v) is 18.2. The normalized spacial score (nSPS) is 16.1. The first kappa shape index (κ1) is 24.4. The molecule has 0 aliphatic carbocycles. The van der Waals surface area contributed by atoms with Crippen LogP contribution in [0.2, 0.25) is 0 Å². The predicted octanol–water partition coefficient (Wildman–Crippen LogP) is 5.18. The fourth-order valence-corrected chi connectivity index (χ4v) is 4.35. The van der Waals surface area contributed by atoms with E-state index in [0.717, 1.165) is 23.9 Å². The summed E-state index contributed by atoms with van der Waals surface area (Å²) in [6, 6.07) is 5.07. The largest absolute Gasteiger partial charge is 0.457 e. The molecule has 2 aromatic rings. The summed E-state index contributed by atoms with van der Waals surface area (Å²) >= 11 is 6.33. The van der Waals surface area contributed by atoms with Gasteiger partial charge in [-0.05, 0) is 49.6 Å². The van der Waals surface area contributed by atoms with Gasteiger partial charge in [-0.3, -0.25) is 9.69 Å². The lowest BCUT2D eigenvalue weighted by atomic mass is 10.1. The molecule has 0 bridgehead atoms. The van der Waals surface area contributed by atoms with Gasteiger partial charge >= 0.3 is 6.18 Å². The molecule has 0 unspecified atom stereocenters. The lowest BCUT2D eigenvalue weighted by Gasteiger charge is -2.14. The fraction of sp³-hybridized carbons (Fsp3) is 0.333. The third kappa shape index (κ3) is 5.97. The summed E-state index contributed by atoms with van der Waals surface area (Å²) in [4.78, 5) is 14.4. The van der Waals surface area contributed by atoms with Crippen molar-refractivity contribution in [3.63, 3.8) is 0 Å². The van der Waals surface area contributed by atoms with E-state index in [1.54, 1.807) is 0 Å². The molecule has 0 radical (unpaired) electrons. The lowest BCUT2D eigenvalue weighted by molar-refractivity contribution is -0.137. The Labute approximate surface area is 190 Å². The van der Waals surface area contributed by atoms with Gasteiger partial charge in [-0.25, -0.2) is 4.39 Å². The Balaban J connectivity index is 1.67. The SMILES string of the molecule is O=C1/C(=C\c2ccc(-c3ccc(C(F)(F)F)cc3F)o2)SC(=S)N1CCCCCC(O)O. The van der Waals surface area contributed by atoms with Crippen LogP contribution in [0.4, 0.5) is 17.6 Å². The third-order valence-corrected chi connectivity index (χ3v) is 6.06. The number of thioether (sulfide) groups is 1. The van der Waals surface area contributed by atoms with Crippen molar-refractivity contribution in [1.29, 1.82) is 0 Å². The first-order chi connectivity index (χ1) is 15.1. The van der Waals surface area contributed by atoms with Crippen LogP contribution < -0.4 is 0 Å². The molecule has 1 saturated heterocycles. The van der Waals surface area contributed by atoms with Crippen molar-refractivity contribution in [3.05, 3.63) is 52.4 Å². The van der Waals surface area contributed by atoms with Crippen LogP contribution in [0.15, 0.2) is 39.7 Å². The highest BCUT2D eigenvalue weighted by molar-refractivity contribution is 8.26. The van der Waals surface area contributed by atoms with Crippen molar-refractivity contribution in [2.24, 2.45) is 0 Å². The van der Waals surface area contributed by atoms with Crippen LogP contribution in [-0.4, -0.2) is 38.2 Å². The van der Waals surface area contributed by atoms with E-state index in [2.05, 4.69) is 0 Å². The second-order valence-corrected chi connectivity index (χ2v) is 8.73. The number of hydrogen-bond acceptors (Lipinski definition) is 6. The Morgan fingerprint density at radius 2 is 1.91 bits per heavy atom. The molecule has 11 heteroatoms. The van der Waals surface area contributed by atoms with E-state index in [1.165, 1.54) is 23.1 Å². The molecule has 2 N–H and O–H groups in total. The molecule has 2 heterocycles. The summed E-state index contributed by atoms with van der Waals surface area (Å²) in [5.74, 6) is -1.11. The Bertz CT molecular complexity index is 1030. The van der Waals surface area contributed by atoms with E-state index in [-0.39, 0.29) is 29.4 Å². The van der Waals surface area contributed by atoms with Gasteiger partial charge in [0, 0.05) is 12.6 Å². The number of carbonyl (C=O) groups excluding carboxylic acids is 1. The highest BCUT2D eigenvalue weighted by Crippen LogP contribution is 2.35. The monoisotopic (exact) mass is 489 g/mol. The van der Waals surface area contributed by atoms with Crippen LogP contribution in [0.3, 0.4) is 0 Å². The number of unbranched alkanes of at least 4 members (excludes halogenated alkanes) is 2. The summed E-state index contributed by atoms with van der Waals surface area (Å²) < 4.78 is 58.2. The minimum Gasteiger partial charge on any atom is -0.457 e. The number of rotatable bonds is 8. The first-order valence-electron chi connectivity index (χ1n) is 9.64. The number of benzene rings is 1. The van der Waals surface area contributed by atoms with Crippen LogP contribution in [0.5, 0.6) is 0 Å². The second-order valence-electron chi connectivity index (χ2n) is 7.06. The molecule has 0 saturated carbocycles. The molecule has 1 fully saturated rings. The highest BCUT2D eigenvalue weighted by atomic mass is 32.2. The maximum absolute atomic E-state index is 14.2. The number of aliphatic hydroxyl groups excluding tert-OH is 1. The maximum Gasteiger partial charge on any atom is 0.416 e. The van der Waals surface area contributed by atoms with Crippen molar-refractivity contribution in [2.75, 3.05) is 6.54 Å². The van der Waals surface area contributed by atoms with E-state index >= 15 is 0 Å². The van der Waals surface area contributed by atoms with Crippen molar-refractivity contribution in [2.45, 2.75) is 38.1 Å². The third-order valence-electron chi connectivity index (χ3n) is 4.68. The van der Waals surface area contributed by atoms with Crippen LogP contribution >= 0.6 is 24.0 Å². The second kappa shape index (κ2) is 10.2. The molecule has 1 aromatic carbocycles. The van der Waals surface area contributed by atoms with E-state index in [4.69, 9.17) is 26.8 Å². The van der Waals surface area contributed by atoms with Gasteiger partial charge < -0.3 is 14.6 Å². The van der Waals surface area contributed by atoms with E-state index in [9.17, 15) is 22.4 Å². The number of aliphatic hydroxyl groups is 2. The van der Waals surface area contributed by atoms with Crippen LogP contribution in [-0.2, 0) is 11.0 Å². The molecule has 0 atom stereocenters. The number of nitrogens with zero attached hydrogens (tertiary/aromatic N) is 1. The first-order valence-corrected chi connectivity index (χ1v) is 10.9. The molecule has 1 aliphatic rings. The summed E-state index contributed by atoms with van der Waals surface area (Å²) in [5, 5.41) is 17.7. The van der Waals surface area contributed by atoms with E-state index < -0.39 is 23.8 Å². The van der Waals surface area contributed by atoms with Crippen molar-refractivity contribution in [1.82, 2.24) is 4.90 Å². The van der Waals surface area contributed by atoms with Crippen molar-refractivity contribution in [3.8, 4) is 11.3 Å². The predicted molar refractivity (Wildman–Crippen MR) is 116 cm³/mol. The molecular weight excluding hydrogens is 470 g/mol. The minimum atomic E-state index is -4.65. The van der Waals surface area contributed by atoms with Gasteiger partial charge in [0.25, 0.3) is 5.91 Å². The van der Waals surface area contributed by atoms with E-state index in [0.29, 0.717) is 41.1 Å². The lowest BCUT2D eigenvalue weighted by Crippen LogP contribution is -2.29. The number of thiocarbonyl (C=S) groups is 1. The van der Waals surface area contributed by atoms with Crippen LogP contribution in [0, 0.1) is 5.82 Å². The van der Waals surface area contributed by atoms with Crippen LogP contribution in [0.1, 0.15) is 37.0 Å². The van der Waals surface area contributed by atoms with Gasteiger partial charge in [0.15, 0.2) is 6.29 Å². The smallest absolute Gasteiger partial charge is 0.416 e. The van der Waals surface area contributed by atoms with Gasteiger partial charge in [0.05, 0.1) is 16.0 Å². The summed E-state index contributed by atoms with van der Waals surface area (Å²) in [6.07, 6.45) is -2.33. The zero-order valence-electron chi connectivity index (χ0n) is 16.6. The Morgan fingerprint density at radius 1 is 1.16 bits per heavy atom. The maximum atomic E-state index is 14.2. The summed E-state index contributed by atoms with van der Waals surface area (Å²) in [6.45, 7) is 0.393. The fourth-order valence-electron chi connectivity index (χ4n) is 3.06. The molecule has 1 amide bonds. The molecular formula is C21H19F4NO4S2. The van der Waals surface area contributed by atoms with E-state index in [1.807, 2.05) is 0 Å². The van der Waals surface area contributed by atoms with Gasteiger partial charge in [-0.2, -0.15) is 13.2 Å². The number of amides is 1. The van der Waals surface area contributed by atoms with Gasteiger partial charge in [-0.1, -0.05) is 30.4 Å². The molecule has 1 aliphatic heterocycles. The Hall–Kier alpha value is -2.21.